The lowest BCUT2D eigenvalue weighted by Gasteiger charge is -2.24. The zero-order valence-electron chi connectivity index (χ0n) is 12.2. The van der Waals surface area contributed by atoms with Crippen LogP contribution in [0, 0.1) is 0 Å². The SMILES string of the molecule is COc1cccc([C@H](C)N(C)Cc2ccc(CO)o2)c1. The number of nitrogens with zero attached hydrogens (tertiary/aromatic N) is 1. The van der Waals surface area contributed by atoms with Crippen LogP contribution in [0.3, 0.4) is 0 Å². The van der Waals surface area contributed by atoms with Crippen molar-refractivity contribution in [3.8, 4) is 5.75 Å². The molecule has 0 bridgehead atoms. The lowest BCUT2D eigenvalue weighted by Crippen LogP contribution is -2.21. The average Bonchev–Trinajstić information content (AvgIpc) is 2.94. The molecule has 0 radical (unpaired) electrons. The van der Waals surface area contributed by atoms with Crippen molar-refractivity contribution < 1.29 is 14.3 Å². The molecule has 0 aliphatic rings. The summed E-state index contributed by atoms with van der Waals surface area (Å²) in [7, 11) is 3.72. The molecule has 0 unspecified atom stereocenters. The Balaban J connectivity index is 2.05. The molecule has 1 atom stereocenters. The summed E-state index contributed by atoms with van der Waals surface area (Å²) < 4.78 is 10.8. The number of aliphatic hydroxyl groups is 1. The summed E-state index contributed by atoms with van der Waals surface area (Å²) in [5.74, 6) is 2.32. The van der Waals surface area contributed by atoms with Gasteiger partial charge < -0.3 is 14.3 Å². The fourth-order valence-corrected chi connectivity index (χ4v) is 2.13. The number of ether oxygens (including phenoxy) is 1. The van der Waals surface area contributed by atoms with Crippen LogP contribution in [0.25, 0.3) is 0 Å². The summed E-state index contributed by atoms with van der Waals surface area (Å²) in [6.07, 6.45) is 0. The second-order valence-electron chi connectivity index (χ2n) is 4.89. The molecule has 0 saturated carbocycles. The molecule has 1 aromatic carbocycles. The van der Waals surface area contributed by atoms with E-state index in [-0.39, 0.29) is 12.6 Å². The van der Waals surface area contributed by atoms with Crippen LogP contribution in [0.15, 0.2) is 40.8 Å². The standard InChI is InChI=1S/C16H21NO3/c1-12(13-5-4-6-14(9-13)19-3)17(2)10-15-7-8-16(11-18)20-15/h4-9,12,18H,10-11H2,1-3H3/t12-/m0/s1. The van der Waals surface area contributed by atoms with E-state index in [1.165, 1.54) is 5.56 Å². The van der Waals surface area contributed by atoms with Crippen LogP contribution >= 0.6 is 0 Å². The Morgan fingerprint density at radius 2 is 2.00 bits per heavy atom. The second-order valence-corrected chi connectivity index (χ2v) is 4.89. The van der Waals surface area contributed by atoms with Gasteiger partial charge >= 0.3 is 0 Å². The van der Waals surface area contributed by atoms with E-state index in [1.54, 1.807) is 13.2 Å². The first-order valence-electron chi connectivity index (χ1n) is 6.66. The molecule has 0 aliphatic carbocycles. The van der Waals surface area contributed by atoms with Gasteiger partial charge in [-0.25, -0.2) is 0 Å². The monoisotopic (exact) mass is 275 g/mol. The van der Waals surface area contributed by atoms with Crippen LogP contribution in [0.4, 0.5) is 0 Å². The number of rotatable bonds is 6. The summed E-state index contributed by atoms with van der Waals surface area (Å²) in [6, 6.07) is 12.0. The highest BCUT2D eigenvalue weighted by atomic mass is 16.5. The van der Waals surface area contributed by atoms with Crippen LogP contribution in [0.1, 0.15) is 30.0 Å². The molecule has 1 N–H and O–H groups in total. The minimum absolute atomic E-state index is 0.0604. The first-order chi connectivity index (χ1) is 9.63. The number of furan rings is 1. The zero-order chi connectivity index (χ0) is 14.5. The molecule has 0 aliphatic heterocycles. The third kappa shape index (κ3) is 3.40. The van der Waals surface area contributed by atoms with Crippen molar-refractivity contribution in [1.82, 2.24) is 4.90 Å². The minimum Gasteiger partial charge on any atom is -0.497 e. The van der Waals surface area contributed by atoms with Gasteiger partial charge in [-0.1, -0.05) is 12.1 Å². The Bertz CT molecular complexity index is 550. The molecule has 20 heavy (non-hydrogen) atoms. The van der Waals surface area contributed by atoms with Crippen molar-refractivity contribution in [2.24, 2.45) is 0 Å². The first kappa shape index (κ1) is 14.6. The van der Waals surface area contributed by atoms with Crippen LogP contribution in [0.2, 0.25) is 0 Å². The fraction of sp³-hybridized carbons (Fsp3) is 0.375. The topological polar surface area (TPSA) is 45.8 Å². The summed E-state index contributed by atoms with van der Waals surface area (Å²) in [6.45, 7) is 2.78. The van der Waals surface area contributed by atoms with Gasteiger partial charge in [-0.05, 0) is 43.8 Å². The molecule has 0 amide bonds. The van der Waals surface area contributed by atoms with Gasteiger partial charge in [0.05, 0.1) is 13.7 Å². The van der Waals surface area contributed by atoms with Crippen LogP contribution < -0.4 is 4.74 Å². The Morgan fingerprint density at radius 3 is 2.65 bits per heavy atom. The Labute approximate surface area is 119 Å². The third-order valence-electron chi connectivity index (χ3n) is 3.52. The summed E-state index contributed by atoms with van der Waals surface area (Å²) in [5.41, 5.74) is 1.20. The molecule has 4 nitrogen and oxygen atoms in total. The average molecular weight is 275 g/mol. The van der Waals surface area contributed by atoms with Gasteiger partial charge in [0.1, 0.15) is 23.9 Å². The quantitative estimate of drug-likeness (QED) is 0.880. The predicted octanol–water partition coefficient (Wildman–Crippen LogP) is 2.97. The fourth-order valence-electron chi connectivity index (χ4n) is 2.13. The lowest BCUT2D eigenvalue weighted by molar-refractivity contribution is 0.212. The molecule has 2 aromatic rings. The lowest BCUT2D eigenvalue weighted by atomic mass is 10.1. The van der Waals surface area contributed by atoms with Gasteiger partial charge in [0.25, 0.3) is 0 Å². The maximum Gasteiger partial charge on any atom is 0.129 e. The van der Waals surface area contributed by atoms with E-state index in [2.05, 4.69) is 17.9 Å². The van der Waals surface area contributed by atoms with Gasteiger partial charge in [-0.2, -0.15) is 0 Å². The van der Waals surface area contributed by atoms with Crippen molar-refractivity contribution in [1.29, 1.82) is 0 Å². The van der Waals surface area contributed by atoms with Gasteiger partial charge in [-0.3, -0.25) is 4.90 Å². The molecule has 0 saturated heterocycles. The highest BCUT2D eigenvalue weighted by Gasteiger charge is 2.14. The van der Waals surface area contributed by atoms with E-state index >= 15 is 0 Å². The predicted molar refractivity (Wildman–Crippen MR) is 77.5 cm³/mol. The largest absolute Gasteiger partial charge is 0.497 e. The summed E-state index contributed by atoms with van der Waals surface area (Å²) in [5, 5.41) is 9.01. The highest BCUT2D eigenvalue weighted by Crippen LogP contribution is 2.24. The summed E-state index contributed by atoms with van der Waals surface area (Å²) in [4.78, 5) is 2.19. The Morgan fingerprint density at radius 1 is 1.25 bits per heavy atom. The normalized spacial score (nSPS) is 12.7. The smallest absolute Gasteiger partial charge is 0.129 e. The zero-order valence-corrected chi connectivity index (χ0v) is 12.2. The van der Waals surface area contributed by atoms with E-state index in [0.29, 0.717) is 12.3 Å². The summed E-state index contributed by atoms with van der Waals surface area (Å²) >= 11 is 0. The van der Waals surface area contributed by atoms with Gasteiger partial charge in [0, 0.05) is 6.04 Å². The van der Waals surface area contributed by atoms with E-state index in [4.69, 9.17) is 14.3 Å². The minimum atomic E-state index is -0.0604. The molecule has 108 valence electrons. The van der Waals surface area contributed by atoms with Gasteiger partial charge in [-0.15, -0.1) is 0 Å². The maximum absolute atomic E-state index is 9.01. The molecule has 0 fully saturated rings. The molecule has 0 spiro atoms. The van der Waals surface area contributed by atoms with E-state index in [0.717, 1.165) is 11.5 Å². The van der Waals surface area contributed by atoms with Crippen LogP contribution in [-0.2, 0) is 13.2 Å². The molecule has 1 heterocycles. The Hall–Kier alpha value is -1.78. The second kappa shape index (κ2) is 6.59. The first-order valence-corrected chi connectivity index (χ1v) is 6.66. The maximum atomic E-state index is 9.01. The molecule has 4 heteroatoms. The Kier molecular flexibility index (Phi) is 4.82. The number of hydrogen-bond donors (Lipinski definition) is 1. The molecule has 1 aromatic heterocycles. The third-order valence-corrected chi connectivity index (χ3v) is 3.52. The van der Waals surface area contributed by atoms with E-state index in [1.807, 2.05) is 31.3 Å². The van der Waals surface area contributed by atoms with Crippen LogP contribution in [0.5, 0.6) is 5.75 Å². The van der Waals surface area contributed by atoms with Crippen molar-refractivity contribution >= 4 is 0 Å². The van der Waals surface area contributed by atoms with Crippen molar-refractivity contribution in [3.05, 3.63) is 53.5 Å². The number of methoxy groups -OCH3 is 1. The van der Waals surface area contributed by atoms with Crippen molar-refractivity contribution in [3.63, 3.8) is 0 Å². The van der Waals surface area contributed by atoms with E-state index in [9.17, 15) is 0 Å². The van der Waals surface area contributed by atoms with Crippen LogP contribution in [-0.4, -0.2) is 24.2 Å². The molecular formula is C16H21NO3. The number of hydrogen-bond acceptors (Lipinski definition) is 4. The van der Waals surface area contributed by atoms with Crippen molar-refractivity contribution in [2.75, 3.05) is 14.2 Å². The number of aliphatic hydroxyl groups excluding tert-OH is 1. The van der Waals surface area contributed by atoms with Gasteiger partial charge in [0.2, 0.25) is 0 Å². The highest BCUT2D eigenvalue weighted by molar-refractivity contribution is 5.30. The van der Waals surface area contributed by atoms with E-state index < -0.39 is 0 Å². The molecular weight excluding hydrogens is 254 g/mol. The van der Waals surface area contributed by atoms with Crippen molar-refractivity contribution in [2.45, 2.75) is 26.1 Å². The molecule has 2 rings (SSSR count). The van der Waals surface area contributed by atoms with Gasteiger partial charge in [0.15, 0.2) is 0 Å². The number of benzene rings is 1.